The lowest BCUT2D eigenvalue weighted by molar-refractivity contribution is -0.623. The molecule has 1 aromatic carbocycles. The Labute approximate surface area is 154 Å². The fraction of sp³-hybridized carbons (Fsp3) is 0.444. The van der Waals surface area contributed by atoms with Crippen LogP contribution in [0.25, 0.3) is 0 Å². The van der Waals surface area contributed by atoms with Crippen molar-refractivity contribution >= 4 is 11.6 Å². The van der Waals surface area contributed by atoms with Crippen LogP contribution < -0.4 is 0 Å². The van der Waals surface area contributed by atoms with Gasteiger partial charge < -0.3 is 0 Å². The molecule has 142 valence electrons. The van der Waals surface area contributed by atoms with Crippen LogP contribution in [0.3, 0.4) is 0 Å². The van der Waals surface area contributed by atoms with Crippen molar-refractivity contribution in [3.8, 4) is 0 Å². The molecule has 9 heteroatoms. The van der Waals surface area contributed by atoms with E-state index in [0.29, 0.717) is 12.1 Å². The Bertz CT molecular complexity index is 839. The number of hydrogen-bond acceptors (Lipinski definition) is 7. The van der Waals surface area contributed by atoms with Gasteiger partial charge in [-0.05, 0) is 18.7 Å². The van der Waals surface area contributed by atoms with E-state index >= 15 is 0 Å². The molecule has 0 amide bonds. The number of Topliss-reactive ketones (excluding diaryl/α,β-unsaturated/α-hetero) is 1. The van der Waals surface area contributed by atoms with Gasteiger partial charge in [-0.2, -0.15) is 0 Å². The third-order valence-corrected chi connectivity index (χ3v) is 5.67. The minimum Gasteiger partial charge on any atom is -0.294 e. The standard InChI is InChI=1S/C18H19N3O6/c1-2-19-11-17(20(24)25)9-8-16(23)18(12-19,21(26)27)15(17)10-14(22)13-6-4-3-5-7-13/h3-9,15H,2,10-12H2,1H3/t15-,17-,18-/m1/s1. The van der Waals surface area contributed by atoms with Gasteiger partial charge in [-0.25, -0.2) is 0 Å². The Morgan fingerprint density at radius 2 is 1.85 bits per heavy atom. The Hall–Kier alpha value is -2.94. The lowest BCUT2D eigenvalue weighted by Gasteiger charge is -2.47. The van der Waals surface area contributed by atoms with Crippen LogP contribution >= 0.6 is 0 Å². The predicted octanol–water partition coefficient (Wildman–Crippen LogP) is 1.38. The van der Waals surface area contributed by atoms with Crippen molar-refractivity contribution in [1.82, 2.24) is 4.90 Å². The van der Waals surface area contributed by atoms with Gasteiger partial charge in [0.25, 0.3) is 5.54 Å². The summed E-state index contributed by atoms with van der Waals surface area (Å²) in [6.45, 7) is 1.72. The van der Waals surface area contributed by atoms with E-state index in [1.54, 1.807) is 37.3 Å². The van der Waals surface area contributed by atoms with Gasteiger partial charge in [0, 0.05) is 21.8 Å². The number of rotatable bonds is 6. The lowest BCUT2D eigenvalue weighted by Crippen LogP contribution is -2.75. The number of carbonyl (C=O) groups is 2. The lowest BCUT2D eigenvalue weighted by atomic mass is 9.60. The zero-order chi connectivity index (χ0) is 19.8. The molecule has 1 heterocycles. The first-order valence-corrected chi connectivity index (χ1v) is 8.61. The molecule has 27 heavy (non-hydrogen) atoms. The molecule has 3 atom stereocenters. The van der Waals surface area contributed by atoms with E-state index in [9.17, 15) is 29.8 Å². The van der Waals surface area contributed by atoms with Crippen molar-refractivity contribution in [2.75, 3.05) is 19.6 Å². The first kappa shape index (κ1) is 18.8. The third kappa shape index (κ3) is 2.74. The molecule has 3 rings (SSSR count). The van der Waals surface area contributed by atoms with Crippen molar-refractivity contribution in [2.24, 2.45) is 5.92 Å². The number of benzene rings is 1. The molecule has 0 unspecified atom stereocenters. The molecule has 1 aromatic rings. The number of nitrogens with zero attached hydrogens (tertiary/aromatic N) is 3. The smallest absolute Gasteiger partial charge is 0.294 e. The maximum Gasteiger partial charge on any atom is 0.305 e. The van der Waals surface area contributed by atoms with Crippen molar-refractivity contribution in [1.29, 1.82) is 0 Å². The van der Waals surface area contributed by atoms with Gasteiger partial charge in [0.1, 0.15) is 5.92 Å². The van der Waals surface area contributed by atoms with Gasteiger partial charge in [-0.3, -0.25) is 34.7 Å². The molecule has 0 aromatic heterocycles. The fourth-order valence-electron chi connectivity index (χ4n) is 4.19. The van der Waals surface area contributed by atoms with Gasteiger partial charge in [0.2, 0.25) is 5.78 Å². The molecule has 0 N–H and O–H groups in total. The third-order valence-electron chi connectivity index (χ3n) is 5.67. The Balaban J connectivity index is 2.14. The van der Waals surface area contributed by atoms with E-state index < -0.39 is 44.8 Å². The van der Waals surface area contributed by atoms with Crippen LogP contribution in [0.2, 0.25) is 0 Å². The van der Waals surface area contributed by atoms with Crippen molar-refractivity contribution in [3.63, 3.8) is 0 Å². The average Bonchev–Trinajstić information content (AvgIpc) is 2.65. The summed E-state index contributed by atoms with van der Waals surface area (Å²) in [5, 5.41) is 24.1. The summed E-state index contributed by atoms with van der Waals surface area (Å²) >= 11 is 0. The van der Waals surface area contributed by atoms with Crippen LogP contribution in [0.1, 0.15) is 23.7 Å². The van der Waals surface area contributed by atoms with E-state index in [1.165, 1.54) is 4.90 Å². The number of ketones is 2. The van der Waals surface area contributed by atoms with E-state index in [0.717, 1.165) is 12.2 Å². The zero-order valence-corrected chi connectivity index (χ0v) is 14.7. The second-order valence-electron chi connectivity index (χ2n) is 6.98. The average molecular weight is 373 g/mol. The maximum absolute atomic E-state index is 12.7. The van der Waals surface area contributed by atoms with Crippen LogP contribution in [0, 0.1) is 26.1 Å². The number of likely N-dealkylation sites (tertiary alicyclic amines) is 1. The van der Waals surface area contributed by atoms with Gasteiger partial charge in [0.05, 0.1) is 13.1 Å². The molecule has 0 spiro atoms. The molecule has 0 saturated carbocycles. The molecular weight excluding hydrogens is 354 g/mol. The molecule has 2 bridgehead atoms. The summed E-state index contributed by atoms with van der Waals surface area (Å²) in [4.78, 5) is 49.7. The number of carbonyl (C=O) groups excluding carboxylic acids is 2. The van der Waals surface area contributed by atoms with Crippen molar-refractivity contribution in [2.45, 2.75) is 24.4 Å². The minimum atomic E-state index is -2.21. The molecule has 1 fully saturated rings. The normalized spacial score (nSPS) is 30.1. The summed E-state index contributed by atoms with van der Waals surface area (Å²) in [6.07, 6.45) is 1.64. The SMILES string of the molecule is CCN1C[C@]2([N+](=O)[O-])C(=O)C=C[C@@]([N+](=O)[O-])(C1)[C@H]2CC(=O)c1ccccc1. The highest BCUT2D eigenvalue weighted by Crippen LogP contribution is 2.46. The Kier molecular flexibility index (Phi) is 4.64. The van der Waals surface area contributed by atoms with Crippen molar-refractivity contribution in [3.05, 3.63) is 68.3 Å². The largest absolute Gasteiger partial charge is 0.305 e. The summed E-state index contributed by atoms with van der Waals surface area (Å²) in [5.41, 5.74) is -3.76. The first-order chi connectivity index (χ1) is 12.8. The van der Waals surface area contributed by atoms with E-state index in [-0.39, 0.29) is 13.1 Å². The van der Waals surface area contributed by atoms with Crippen LogP contribution in [0.5, 0.6) is 0 Å². The summed E-state index contributed by atoms with van der Waals surface area (Å²) in [6, 6.07) is 8.11. The molecular formula is C18H19N3O6. The quantitative estimate of drug-likeness (QED) is 0.419. The summed E-state index contributed by atoms with van der Waals surface area (Å²) < 4.78 is 0. The van der Waals surface area contributed by atoms with Crippen LogP contribution in [-0.4, -0.2) is 57.0 Å². The molecule has 2 aliphatic rings. The van der Waals surface area contributed by atoms with E-state index in [4.69, 9.17) is 0 Å². The minimum absolute atomic E-state index is 0.0807. The van der Waals surface area contributed by atoms with Crippen molar-refractivity contribution < 1.29 is 19.4 Å². The van der Waals surface area contributed by atoms with Crippen LogP contribution in [-0.2, 0) is 4.79 Å². The van der Waals surface area contributed by atoms with Gasteiger partial charge in [-0.1, -0.05) is 37.3 Å². The highest BCUT2D eigenvalue weighted by Gasteiger charge is 2.73. The molecule has 1 saturated heterocycles. The Morgan fingerprint density at radius 3 is 2.41 bits per heavy atom. The summed E-state index contributed by atoms with van der Waals surface area (Å²) in [7, 11) is 0. The molecule has 9 nitrogen and oxygen atoms in total. The molecule has 1 aliphatic heterocycles. The maximum atomic E-state index is 12.7. The number of piperidine rings is 1. The highest BCUT2D eigenvalue weighted by atomic mass is 16.6. The van der Waals surface area contributed by atoms with Gasteiger partial charge in [0.15, 0.2) is 5.78 Å². The van der Waals surface area contributed by atoms with Crippen LogP contribution in [0.4, 0.5) is 0 Å². The zero-order valence-electron chi connectivity index (χ0n) is 14.7. The predicted molar refractivity (Wildman–Crippen MR) is 94.6 cm³/mol. The fourth-order valence-corrected chi connectivity index (χ4v) is 4.19. The second kappa shape index (κ2) is 6.66. The number of nitro groups is 2. The highest BCUT2D eigenvalue weighted by molar-refractivity contribution is 6.01. The topological polar surface area (TPSA) is 124 Å². The molecule has 0 radical (unpaired) electrons. The number of likely N-dealkylation sites (N-methyl/N-ethyl adjacent to an activating group) is 1. The van der Waals surface area contributed by atoms with Crippen LogP contribution in [0.15, 0.2) is 42.5 Å². The second-order valence-corrected chi connectivity index (χ2v) is 6.98. The van der Waals surface area contributed by atoms with Gasteiger partial charge >= 0.3 is 5.54 Å². The van der Waals surface area contributed by atoms with Gasteiger partial charge in [-0.15, -0.1) is 0 Å². The summed E-state index contributed by atoms with van der Waals surface area (Å²) in [5.74, 6) is -2.61. The van der Waals surface area contributed by atoms with E-state index in [2.05, 4.69) is 0 Å². The number of hydrogen-bond donors (Lipinski definition) is 0. The Morgan fingerprint density at radius 1 is 1.19 bits per heavy atom. The molecule has 1 aliphatic carbocycles. The number of fused-ring (bicyclic) bond motifs is 2. The monoisotopic (exact) mass is 373 g/mol. The van der Waals surface area contributed by atoms with E-state index in [1.807, 2.05) is 0 Å². The first-order valence-electron chi connectivity index (χ1n) is 8.61.